The molecule has 0 bridgehead atoms. The molecular weight excluding hydrogens is 234 g/mol. The molecule has 2 aromatic rings. The van der Waals surface area contributed by atoms with Crippen molar-refractivity contribution in [2.24, 2.45) is 0 Å². The zero-order chi connectivity index (χ0) is 12.1. The Morgan fingerprint density at radius 3 is 2.59 bits per heavy atom. The average molecular weight is 245 g/mol. The number of hydrogen-bond acceptors (Lipinski definition) is 1. The summed E-state index contributed by atoms with van der Waals surface area (Å²) in [7, 11) is 0. The summed E-state index contributed by atoms with van der Waals surface area (Å²) in [5.74, 6) is -0.148. The third-order valence-corrected chi connectivity index (χ3v) is 2.55. The number of rotatable bonds is 3. The predicted molar refractivity (Wildman–Crippen MR) is 67.9 cm³/mol. The highest BCUT2D eigenvalue weighted by atomic mass is 35.5. The largest absolute Gasteiger partial charge is 0.348 e. The number of nitrogens with one attached hydrogen (secondary N) is 1. The van der Waals surface area contributed by atoms with Gasteiger partial charge in [-0.25, -0.2) is 0 Å². The predicted octanol–water partition coefficient (Wildman–Crippen LogP) is 3.07. The van der Waals surface area contributed by atoms with E-state index in [1.165, 1.54) is 0 Å². The lowest BCUT2D eigenvalue weighted by Gasteiger charge is -2.04. The molecule has 0 spiro atoms. The maximum atomic E-state index is 11.7. The lowest BCUT2D eigenvalue weighted by atomic mass is 10.2. The topological polar surface area (TPSA) is 29.1 Å². The molecule has 0 saturated carbocycles. The maximum absolute atomic E-state index is 11.7. The summed E-state index contributed by atoms with van der Waals surface area (Å²) in [6, 6.07) is 17.5. The van der Waals surface area contributed by atoms with E-state index in [1.807, 2.05) is 30.3 Å². The summed E-state index contributed by atoms with van der Waals surface area (Å²) in [4.78, 5) is 11.7. The van der Waals surface area contributed by atoms with Crippen LogP contribution in [0.5, 0.6) is 0 Å². The summed E-state index contributed by atoms with van der Waals surface area (Å²) in [6.45, 7) is 0.510. The van der Waals surface area contributed by atoms with E-state index in [2.05, 4.69) is 11.4 Å². The lowest BCUT2D eigenvalue weighted by molar-refractivity contribution is 0.0950. The number of hydrogen-bond donors (Lipinski definition) is 1. The van der Waals surface area contributed by atoms with Crippen molar-refractivity contribution in [3.8, 4) is 0 Å². The lowest BCUT2D eigenvalue weighted by Crippen LogP contribution is -2.22. The second kappa shape index (κ2) is 5.51. The zero-order valence-corrected chi connectivity index (χ0v) is 9.87. The molecule has 2 rings (SSSR count). The van der Waals surface area contributed by atoms with Crippen molar-refractivity contribution < 1.29 is 4.79 Å². The molecule has 3 heteroatoms. The summed E-state index contributed by atoms with van der Waals surface area (Å²) in [6.07, 6.45) is 0. The highest BCUT2D eigenvalue weighted by molar-refractivity contribution is 6.30. The van der Waals surface area contributed by atoms with Gasteiger partial charge in [0, 0.05) is 17.1 Å². The molecule has 0 aromatic heterocycles. The Hall–Kier alpha value is -1.80. The minimum absolute atomic E-state index is 0.148. The molecule has 2 aromatic carbocycles. The molecule has 0 aliphatic carbocycles. The van der Waals surface area contributed by atoms with Gasteiger partial charge >= 0.3 is 0 Å². The van der Waals surface area contributed by atoms with E-state index in [9.17, 15) is 4.79 Å². The quantitative estimate of drug-likeness (QED) is 0.883. The van der Waals surface area contributed by atoms with Crippen LogP contribution < -0.4 is 5.32 Å². The van der Waals surface area contributed by atoms with Crippen LogP contribution in [0.2, 0.25) is 5.02 Å². The van der Waals surface area contributed by atoms with Gasteiger partial charge in [-0.1, -0.05) is 41.9 Å². The molecule has 2 nitrogen and oxygen atoms in total. The van der Waals surface area contributed by atoms with Crippen molar-refractivity contribution in [3.63, 3.8) is 0 Å². The van der Waals surface area contributed by atoms with E-state index in [-0.39, 0.29) is 5.91 Å². The van der Waals surface area contributed by atoms with Crippen LogP contribution in [0, 0.1) is 6.07 Å². The summed E-state index contributed by atoms with van der Waals surface area (Å²) < 4.78 is 0. The molecule has 17 heavy (non-hydrogen) atoms. The Morgan fingerprint density at radius 2 is 1.94 bits per heavy atom. The van der Waals surface area contributed by atoms with Gasteiger partial charge in [-0.05, 0) is 29.8 Å². The number of amides is 1. The summed E-state index contributed by atoms with van der Waals surface area (Å²) >= 11 is 5.73. The zero-order valence-electron chi connectivity index (χ0n) is 9.11. The smallest absolute Gasteiger partial charge is 0.252 e. The molecule has 0 atom stereocenters. The normalized spacial score (nSPS) is 9.94. The van der Waals surface area contributed by atoms with E-state index >= 15 is 0 Å². The first-order valence-electron chi connectivity index (χ1n) is 5.25. The Balaban J connectivity index is 1.96. The molecular formula is C14H11ClNO. The molecule has 0 saturated heterocycles. The monoisotopic (exact) mass is 244 g/mol. The summed E-state index contributed by atoms with van der Waals surface area (Å²) in [5, 5.41) is 3.40. The van der Waals surface area contributed by atoms with Crippen molar-refractivity contribution in [1.82, 2.24) is 5.32 Å². The highest BCUT2D eigenvalue weighted by Crippen LogP contribution is 2.08. The second-order valence-corrected chi connectivity index (χ2v) is 4.03. The van der Waals surface area contributed by atoms with Crippen LogP contribution in [-0.4, -0.2) is 5.91 Å². The second-order valence-electron chi connectivity index (χ2n) is 3.59. The first-order valence-corrected chi connectivity index (χ1v) is 5.63. The Labute approximate surface area is 105 Å². The molecule has 1 N–H and O–H groups in total. The number of carbonyl (C=O) groups is 1. The molecule has 1 radical (unpaired) electrons. The molecule has 85 valence electrons. The van der Waals surface area contributed by atoms with Crippen LogP contribution in [-0.2, 0) is 6.54 Å². The molecule has 0 heterocycles. The van der Waals surface area contributed by atoms with Gasteiger partial charge in [0.05, 0.1) is 0 Å². The van der Waals surface area contributed by atoms with Gasteiger partial charge in [0.15, 0.2) is 0 Å². The van der Waals surface area contributed by atoms with Gasteiger partial charge in [-0.3, -0.25) is 4.79 Å². The molecule has 0 fully saturated rings. The van der Waals surface area contributed by atoms with Crippen molar-refractivity contribution in [2.75, 3.05) is 0 Å². The maximum Gasteiger partial charge on any atom is 0.252 e. The molecule has 1 amide bonds. The van der Waals surface area contributed by atoms with Gasteiger partial charge in [0.2, 0.25) is 0 Å². The third-order valence-electron chi connectivity index (χ3n) is 2.32. The molecule has 0 aliphatic rings. The fraction of sp³-hybridized carbons (Fsp3) is 0.0714. The standard InChI is InChI=1S/C14H11ClNO/c15-13-8-6-12(7-9-13)14(17)16-10-11-4-2-1-3-5-11/h1-6,8-9H,10H2,(H,16,17). The number of benzene rings is 2. The Kier molecular flexibility index (Phi) is 3.78. The van der Waals surface area contributed by atoms with Crippen LogP contribution >= 0.6 is 11.6 Å². The Bertz CT molecular complexity index is 493. The van der Waals surface area contributed by atoms with Crippen molar-refractivity contribution in [2.45, 2.75) is 6.54 Å². The van der Waals surface area contributed by atoms with Crippen molar-refractivity contribution >= 4 is 17.5 Å². The van der Waals surface area contributed by atoms with Gasteiger partial charge in [0.1, 0.15) is 0 Å². The van der Waals surface area contributed by atoms with E-state index in [0.717, 1.165) is 5.56 Å². The first kappa shape index (κ1) is 11.7. The first-order chi connectivity index (χ1) is 8.25. The van der Waals surface area contributed by atoms with E-state index in [4.69, 9.17) is 11.6 Å². The number of halogens is 1. The third kappa shape index (κ3) is 3.33. The highest BCUT2D eigenvalue weighted by Gasteiger charge is 2.04. The van der Waals surface area contributed by atoms with Gasteiger partial charge < -0.3 is 5.32 Å². The summed E-state index contributed by atoms with van der Waals surface area (Å²) in [5.41, 5.74) is 1.56. The van der Waals surface area contributed by atoms with Crippen LogP contribution in [0.4, 0.5) is 0 Å². The van der Waals surface area contributed by atoms with Crippen LogP contribution in [0.25, 0.3) is 0 Å². The fourth-order valence-corrected chi connectivity index (χ4v) is 1.54. The van der Waals surface area contributed by atoms with Crippen LogP contribution in [0.1, 0.15) is 15.9 Å². The van der Waals surface area contributed by atoms with Gasteiger partial charge in [-0.2, -0.15) is 0 Å². The minimum atomic E-state index is -0.148. The van der Waals surface area contributed by atoms with Gasteiger partial charge in [0.25, 0.3) is 5.91 Å². The van der Waals surface area contributed by atoms with Crippen LogP contribution in [0.15, 0.2) is 48.5 Å². The average Bonchev–Trinajstić information content (AvgIpc) is 2.38. The van der Waals surface area contributed by atoms with E-state index in [1.54, 1.807) is 18.2 Å². The number of carbonyl (C=O) groups excluding carboxylic acids is 1. The van der Waals surface area contributed by atoms with Crippen molar-refractivity contribution in [1.29, 1.82) is 0 Å². The minimum Gasteiger partial charge on any atom is -0.348 e. The Morgan fingerprint density at radius 1 is 1.18 bits per heavy atom. The van der Waals surface area contributed by atoms with Crippen molar-refractivity contribution in [3.05, 3.63) is 70.7 Å². The van der Waals surface area contributed by atoms with E-state index in [0.29, 0.717) is 17.1 Å². The van der Waals surface area contributed by atoms with Crippen LogP contribution in [0.3, 0.4) is 0 Å². The molecule has 0 unspecified atom stereocenters. The van der Waals surface area contributed by atoms with Gasteiger partial charge in [-0.15, -0.1) is 0 Å². The molecule has 0 aliphatic heterocycles. The SMILES string of the molecule is O=C(NCc1ccccc1)c1[c]cc(Cl)cc1. The fourth-order valence-electron chi connectivity index (χ4n) is 1.42. The van der Waals surface area contributed by atoms with E-state index < -0.39 is 0 Å².